The summed E-state index contributed by atoms with van der Waals surface area (Å²) >= 11 is -1.64. The van der Waals surface area contributed by atoms with Crippen LogP contribution in [-0.4, -0.2) is 17.9 Å². The minimum atomic E-state index is -1.64. The van der Waals surface area contributed by atoms with Gasteiger partial charge < -0.3 is 0 Å². The van der Waals surface area contributed by atoms with E-state index >= 15 is 0 Å². The minimum absolute atomic E-state index is 0.693. The third-order valence-corrected chi connectivity index (χ3v) is 5.23. The van der Waals surface area contributed by atoms with E-state index < -0.39 is 17.9 Å². The van der Waals surface area contributed by atoms with Gasteiger partial charge in [-0.25, -0.2) is 0 Å². The fraction of sp³-hybridized carbons (Fsp3) is 1.00. The van der Waals surface area contributed by atoms with Crippen LogP contribution in [0.25, 0.3) is 0 Å². The first-order valence-electron chi connectivity index (χ1n) is 2.22. The Morgan fingerprint density at radius 2 is 1.86 bits per heavy atom. The molecule has 0 aromatic rings. The zero-order chi connectivity index (χ0) is 5.86. The van der Waals surface area contributed by atoms with Gasteiger partial charge in [0.25, 0.3) is 0 Å². The summed E-state index contributed by atoms with van der Waals surface area (Å²) in [7, 11) is 11.2. The van der Waals surface area contributed by atoms with Crippen LogP contribution in [-0.2, 0) is 0 Å². The molecule has 0 unspecified atom stereocenters. The van der Waals surface area contributed by atoms with Crippen molar-refractivity contribution >= 4 is 35.6 Å². The molecule has 0 bridgehead atoms. The van der Waals surface area contributed by atoms with Crippen molar-refractivity contribution < 1.29 is 0 Å². The molecule has 3 heteroatoms. The molecular weight excluding hydrogens is 241 g/mol. The number of hydrogen-bond acceptors (Lipinski definition) is 0. The van der Waals surface area contributed by atoms with Gasteiger partial charge in [-0.2, -0.15) is 0 Å². The Morgan fingerprint density at radius 1 is 1.43 bits per heavy atom. The van der Waals surface area contributed by atoms with Crippen LogP contribution in [0.3, 0.4) is 0 Å². The Labute approximate surface area is 59.5 Å². The van der Waals surface area contributed by atoms with Crippen LogP contribution in [0, 0.1) is 5.92 Å². The second kappa shape index (κ2) is 4.29. The molecule has 0 saturated heterocycles. The summed E-state index contributed by atoms with van der Waals surface area (Å²) in [5, 5.41) is 0. The van der Waals surface area contributed by atoms with E-state index in [9.17, 15) is 0 Å². The summed E-state index contributed by atoms with van der Waals surface area (Å²) in [6.45, 7) is 4.28. The Balaban J connectivity index is 2.95. The third-order valence-electron chi connectivity index (χ3n) is 0.503. The Kier molecular flexibility index (Phi) is 5.15. The van der Waals surface area contributed by atoms with Crippen molar-refractivity contribution in [3.05, 3.63) is 0 Å². The average molecular weight is 250 g/mol. The molecule has 0 radical (unpaired) electrons. The van der Waals surface area contributed by atoms with Gasteiger partial charge >= 0.3 is 59.7 Å². The molecule has 0 heterocycles. The molecule has 0 aromatic carbocycles. The fourth-order valence-electron chi connectivity index (χ4n) is 0.276. The fourth-order valence-corrected chi connectivity index (χ4v) is 5.55. The average Bonchev–Trinajstić information content (AvgIpc) is 1.27. The van der Waals surface area contributed by atoms with Gasteiger partial charge in [-0.15, -0.1) is 0 Å². The van der Waals surface area contributed by atoms with Gasteiger partial charge in [-0.3, -0.25) is 0 Å². The van der Waals surface area contributed by atoms with Gasteiger partial charge in [0.15, 0.2) is 0 Å². The predicted octanol–water partition coefficient (Wildman–Crippen LogP) is 2.61. The van der Waals surface area contributed by atoms with Crippen LogP contribution in [0.4, 0.5) is 0 Å². The molecule has 44 valence electrons. The molecule has 7 heavy (non-hydrogen) atoms. The normalized spacial score (nSPS) is 11.1. The molecule has 0 rings (SSSR count). The first kappa shape index (κ1) is 8.40. The molecule has 0 aliphatic rings. The molecule has 0 aliphatic heterocycles. The number of rotatable bonds is 2. The van der Waals surface area contributed by atoms with Crippen LogP contribution in [0.5, 0.6) is 0 Å². The first-order chi connectivity index (χ1) is 3.13. The van der Waals surface area contributed by atoms with Gasteiger partial charge in [0.2, 0.25) is 0 Å². The topological polar surface area (TPSA) is 0 Å². The molecule has 0 amide bonds. The second-order valence-corrected chi connectivity index (χ2v) is 11.3. The van der Waals surface area contributed by atoms with Gasteiger partial charge in [-0.1, -0.05) is 0 Å². The Morgan fingerprint density at radius 3 is 1.86 bits per heavy atom. The molecule has 0 spiro atoms. The molecule has 0 N–H and O–H groups in total. The quantitative estimate of drug-likeness (QED) is 0.660. The number of hydrogen-bond donors (Lipinski definition) is 0. The Hall–Kier alpha value is 1.40. The SMILES string of the molecule is CC(C)[CH2][Sb]([Cl])[Cl]. The van der Waals surface area contributed by atoms with Crippen molar-refractivity contribution in [3.8, 4) is 0 Å². The predicted molar refractivity (Wildman–Crippen MR) is 37.1 cm³/mol. The van der Waals surface area contributed by atoms with Crippen molar-refractivity contribution in [2.75, 3.05) is 0 Å². The second-order valence-electron chi connectivity index (χ2n) is 1.88. The van der Waals surface area contributed by atoms with Crippen molar-refractivity contribution in [2.24, 2.45) is 5.92 Å². The van der Waals surface area contributed by atoms with E-state index in [4.69, 9.17) is 17.7 Å². The summed E-state index contributed by atoms with van der Waals surface area (Å²) < 4.78 is 1.08. The van der Waals surface area contributed by atoms with Crippen LogP contribution in [0.2, 0.25) is 4.37 Å². The molecular formula is C4H9Cl2Sb. The van der Waals surface area contributed by atoms with E-state index in [1.54, 1.807) is 0 Å². The Bertz CT molecular complexity index is 39.0. The van der Waals surface area contributed by atoms with E-state index in [0.717, 1.165) is 4.37 Å². The molecule has 0 atom stereocenters. The van der Waals surface area contributed by atoms with E-state index in [1.807, 2.05) is 0 Å². The number of halogens is 2. The van der Waals surface area contributed by atoms with Crippen molar-refractivity contribution in [2.45, 2.75) is 18.2 Å². The van der Waals surface area contributed by atoms with Crippen molar-refractivity contribution in [1.82, 2.24) is 0 Å². The van der Waals surface area contributed by atoms with Crippen LogP contribution in [0.1, 0.15) is 13.8 Å². The van der Waals surface area contributed by atoms with Gasteiger partial charge in [-0.05, 0) is 0 Å². The molecule has 0 saturated carbocycles. The van der Waals surface area contributed by atoms with Crippen molar-refractivity contribution in [1.29, 1.82) is 0 Å². The summed E-state index contributed by atoms with van der Waals surface area (Å²) in [6.07, 6.45) is 0. The standard InChI is InChI=1S/C4H9.2ClH.Sb/c1-4(2)3;;;/h4H,1H2,2-3H3;2*1H;/q;;;+2/p-2. The maximum absolute atomic E-state index is 5.62. The van der Waals surface area contributed by atoms with Crippen LogP contribution in [0.15, 0.2) is 0 Å². The first-order valence-corrected chi connectivity index (χ1v) is 10.5. The summed E-state index contributed by atoms with van der Waals surface area (Å²) in [5.41, 5.74) is 0. The summed E-state index contributed by atoms with van der Waals surface area (Å²) in [4.78, 5) is 0. The third kappa shape index (κ3) is 7.40. The van der Waals surface area contributed by atoms with E-state index in [0.29, 0.717) is 5.92 Å². The molecule has 0 fully saturated rings. The monoisotopic (exact) mass is 248 g/mol. The van der Waals surface area contributed by atoms with Gasteiger partial charge in [0.05, 0.1) is 0 Å². The van der Waals surface area contributed by atoms with Crippen molar-refractivity contribution in [3.63, 3.8) is 0 Å². The maximum atomic E-state index is 5.62. The van der Waals surface area contributed by atoms with E-state index in [1.165, 1.54) is 0 Å². The van der Waals surface area contributed by atoms with E-state index in [-0.39, 0.29) is 0 Å². The zero-order valence-corrected chi connectivity index (χ0v) is 8.55. The molecule has 0 aliphatic carbocycles. The van der Waals surface area contributed by atoms with E-state index in [2.05, 4.69) is 13.8 Å². The van der Waals surface area contributed by atoms with Crippen LogP contribution >= 0.6 is 17.7 Å². The zero-order valence-electron chi connectivity index (χ0n) is 4.49. The van der Waals surface area contributed by atoms with Gasteiger partial charge in [0.1, 0.15) is 0 Å². The summed E-state index contributed by atoms with van der Waals surface area (Å²) in [6, 6.07) is 0. The van der Waals surface area contributed by atoms with Gasteiger partial charge in [0, 0.05) is 0 Å². The van der Waals surface area contributed by atoms with Crippen LogP contribution < -0.4 is 0 Å². The molecule has 0 aromatic heterocycles. The summed E-state index contributed by atoms with van der Waals surface area (Å²) in [5.74, 6) is 0.693. The molecule has 0 nitrogen and oxygen atoms in total.